The van der Waals surface area contributed by atoms with Crippen molar-refractivity contribution in [2.24, 2.45) is 0 Å². The quantitative estimate of drug-likeness (QED) is 0.490. The predicted molar refractivity (Wildman–Crippen MR) is 115 cm³/mol. The number of methoxy groups -OCH3 is 1. The minimum Gasteiger partial charge on any atom is -0.497 e. The summed E-state index contributed by atoms with van der Waals surface area (Å²) in [5.74, 6) is 4.80. The lowest BCUT2D eigenvalue weighted by Gasteiger charge is -2.05. The highest BCUT2D eigenvalue weighted by Gasteiger charge is 2.06. The maximum absolute atomic E-state index is 5.83. The van der Waals surface area contributed by atoms with Gasteiger partial charge in [0.05, 0.1) is 25.1 Å². The summed E-state index contributed by atoms with van der Waals surface area (Å²) in [6.07, 6.45) is 0. The summed E-state index contributed by atoms with van der Waals surface area (Å²) in [6.45, 7) is 1.72. The van der Waals surface area contributed by atoms with Gasteiger partial charge in [0.2, 0.25) is 0 Å². The van der Waals surface area contributed by atoms with E-state index in [4.69, 9.17) is 9.15 Å². The second-order valence-electron chi connectivity index (χ2n) is 6.35. The van der Waals surface area contributed by atoms with Crippen molar-refractivity contribution >= 4 is 28.2 Å². The van der Waals surface area contributed by atoms with Crippen molar-refractivity contribution in [3.8, 4) is 17.0 Å². The first kappa shape index (κ1) is 19.8. The zero-order valence-electron chi connectivity index (χ0n) is 15.9. The van der Waals surface area contributed by atoms with Gasteiger partial charge in [-0.05, 0) is 50.5 Å². The monoisotopic (exact) mass is 403 g/mol. The molecule has 0 fully saturated rings. The van der Waals surface area contributed by atoms with E-state index in [-0.39, 0.29) is 0 Å². The molecule has 3 aromatic rings. The fraction of sp³-hybridized carbons (Fsp3) is 0.350. The average Bonchev–Trinajstić information content (AvgIpc) is 3.31. The van der Waals surface area contributed by atoms with E-state index in [1.54, 1.807) is 18.4 Å². The average molecular weight is 404 g/mol. The fourth-order valence-electron chi connectivity index (χ4n) is 2.55. The Morgan fingerprint density at radius 2 is 1.93 bits per heavy atom. The smallest absolute Gasteiger partial charge is 0.183 e. The van der Waals surface area contributed by atoms with E-state index >= 15 is 0 Å². The number of nitrogens with one attached hydrogen (secondary N) is 1. The van der Waals surface area contributed by atoms with Crippen LogP contribution < -0.4 is 10.1 Å². The molecular formula is C20H25N3O2S2. The molecule has 0 aliphatic heterocycles. The molecule has 0 bridgehead atoms. The summed E-state index contributed by atoms with van der Waals surface area (Å²) < 4.78 is 11.0. The van der Waals surface area contributed by atoms with Crippen molar-refractivity contribution in [2.75, 3.05) is 38.8 Å². The number of hydrogen-bond donors (Lipinski definition) is 1. The third-order valence-corrected chi connectivity index (χ3v) is 5.63. The molecule has 0 radical (unpaired) electrons. The number of rotatable bonds is 10. The van der Waals surface area contributed by atoms with Crippen LogP contribution in [0.5, 0.6) is 5.75 Å². The molecule has 2 aromatic heterocycles. The van der Waals surface area contributed by atoms with Crippen molar-refractivity contribution in [3.63, 3.8) is 0 Å². The molecule has 0 atom stereocenters. The Labute approximate surface area is 168 Å². The molecule has 0 spiro atoms. The van der Waals surface area contributed by atoms with Crippen molar-refractivity contribution in [1.82, 2.24) is 9.88 Å². The Kier molecular flexibility index (Phi) is 7.20. The van der Waals surface area contributed by atoms with Gasteiger partial charge in [-0.25, -0.2) is 4.98 Å². The first-order valence-electron chi connectivity index (χ1n) is 8.78. The van der Waals surface area contributed by atoms with Crippen LogP contribution in [0.3, 0.4) is 0 Å². The SMILES string of the molecule is COc1ccc(-c2csc(NCCSCc3ccc(CN(C)C)o3)n2)cc1. The van der Waals surface area contributed by atoms with Crippen LogP contribution >= 0.6 is 23.1 Å². The number of thioether (sulfide) groups is 1. The molecule has 0 aliphatic rings. The predicted octanol–water partition coefficient (Wildman–Crippen LogP) is 4.82. The van der Waals surface area contributed by atoms with E-state index in [0.29, 0.717) is 0 Å². The van der Waals surface area contributed by atoms with E-state index in [0.717, 1.165) is 58.3 Å². The Balaban J connectivity index is 1.39. The highest BCUT2D eigenvalue weighted by atomic mass is 32.2. The zero-order chi connectivity index (χ0) is 19.1. The summed E-state index contributed by atoms with van der Waals surface area (Å²) in [6, 6.07) is 12.1. The Bertz CT molecular complexity index is 828. The molecule has 0 saturated heterocycles. The van der Waals surface area contributed by atoms with E-state index in [2.05, 4.69) is 32.7 Å². The minimum atomic E-state index is 0.840. The topological polar surface area (TPSA) is 50.5 Å². The van der Waals surface area contributed by atoms with Gasteiger partial charge in [0.25, 0.3) is 0 Å². The van der Waals surface area contributed by atoms with Gasteiger partial charge in [-0.1, -0.05) is 0 Å². The van der Waals surface area contributed by atoms with E-state index in [1.807, 2.05) is 50.1 Å². The fourth-order valence-corrected chi connectivity index (χ4v) is 4.04. The Morgan fingerprint density at radius 1 is 1.15 bits per heavy atom. The van der Waals surface area contributed by atoms with Crippen molar-refractivity contribution < 1.29 is 9.15 Å². The molecule has 3 rings (SSSR count). The molecule has 1 aromatic carbocycles. The molecule has 27 heavy (non-hydrogen) atoms. The van der Waals surface area contributed by atoms with Crippen LogP contribution in [-0.2, 0) is 12.3 Å². The molecule has 0 aliphatic carbocycles. The number of thiazole rings is 1. The van der Waals surface area contributed by atoms with Crippen molar-refractivity contribution in [1.29, 1.82) is 0 Å². The van der Waals surface area contributed by atoms with Gasteiger partial charge in [0.1, 0.15) is 17.3 Å². The van der Waals surface area contributed by atoms with Crippen LogP contribution in [0.15, 0.2) is 46.2 Å². The molecule has 0 unspecified atom stereocenters. The largest absolute Gasteiger partial charge is 0.497 e. The van der Waals surface area contributed by atoms with Gasteiger partial charge in [0, 0.05) is 23.2 Å². The first-order chi connectivity index (χ1) is 13.1. The van der Waals surface area contributed by atoms with E-state index < -0.39 is 0 Å². The van der Waals surface area contributed by atoms with Crippen LogP contribution in [0.25, 0.3) is 11.3 Å². The number of aromatic nitrogens is 1. The minimum absolute atomic E-state index is 0.840. The Hall–Kier alpha value is -1.96. The number of furan rings is 1. The summed E-state index contributed by atoms with van der Waals surface area (Å²) in [4.78, 5) is 6.76. The molecule has 144 valence electrons. The summed E-state index contributed by atoms with van der Waals surface area (Å²) in [5, 5.41) is 6.43. The summed E-state index contributed by atoms with van der Waals surface area (Å²) >= 11 is 3.49. The highest BCUT2D eigenvalue weighted by molar-refractivity contribution is 7.98. The maximum atomic E-state index is 5.83. The van der Waals surface area contributed by atoms with Crippen LogP contribution in [0.2, 0.25) is 0 Å². The third-order valence-electron chi connectivity index (χ3n) is 3.85. The number of benzene rings is 1. The molecule has 7 heteroatoms. The van der Waals surface area contributed by atoms with Crippen molar-refractivity contribution in [3.05, 3.63) is 53.3 Å². The maximum Gasteiger partial charge on any atom is 0.183 e. The molecular weight excluding hydrogens is 378 g/mol. The van der Waals surface area contributed by atoms with Crippen LogP contribution in [0.4, 0.5) is 5.13 Å². The highest BCUT2D eigenvalue weighted by Crippen LogP contribution is 2.26. The van der Waals surface area contributed by atoms with Crippen LogP contribution in [-0.4, -0.2) is 43.4 Å². The van der Waals surface area contributed by atoms with Gasteiger partial charge in [-0.3, -0.25) is 0 Å². The van der Waals surface area contributed by atoms with E-state index in [1.165, 1.54) is 0 Å². The van der Waals surface area contributed by atoms with E-state index in [9.17, 15) is 0 Å². The van der Waals surface area contributed by atoms with Gasteiger partial charge >= 0.3 is 0 Å². The lowest BCUT2D eigenvalue weighted by Crippen LogP contribution is -2.09. The number of nitrogens with zero attached hydrogens (tertiary/aromatic N) is 2. The molecule has 0 saturated carbocycles. The third kappa shape index (κ3) is 6.02. The first-order valence-corrected chi connectivity index (χ1v) is 10.8. The lowest BCUT2D eigenvalue weighted by molar-refractivity contribution is 0.344. The standard InChI is InChI=1S/C20H25N3O2S2/c1-23(2)12-17-8-9-18(25-17)13-26-11-10-21-20-22-19(14-27-20)15-4-6-16(24-3)7-5-15/h4-9,14H,10-13H2,1-3H3,(H,21,22). The molecule has 0 amide bonds. The van der Waals surface area contributed by atoms with Gasteiger partial charge in [0.15, 0.2) is 5.13 Å². The zero-order valence-corrected chi connectivity index (χ0v) is 17.5. The summed E-state index contributed by atoms with van der Waals surface area (Å²) in [5.41, 5.74) is 2.09. The number of anilines is 1. The number of ether oxygens (including phenoxy) is 1. The lowest BCUT2D eigenvalue weighted by atomic mass is 10.2. The van der Waals surface area contributed by atoms with Crippen LogP contribution in [0, 0.1) is 0 Å². The van der Waals surface area contributed by atoms with Gasteiger partial charge < -0.3 is 19.4 Å². The molecule has 1 N–H and O–H groups in total. The number of hydrogen-bond acceptors (Lipinski definition) is 7. The second-order valence-corrected chi connectivity index (χ2v) is 8.31. The van der Waals surface area contributed by atoms with Crippen LogP contribution in [0.1, 0.15) is 11.5 Å². The van der Waals surface area contributed by atoms with Crippen molar-refractivity contribution in [2.45, 2.75) is 12.3 Å². The van der Waals surface area contributed by atoms with Gasteiger partial charge in [-0.2, -0.15) is 11.8 Å². The molecule has 2 heterocycles. The molecule has 5 nitrogen and oxygen atoms in total. The summed E-state index contributed by atoms with van der Waals surface area (Å²) in [7, 11) is 5.76. The normalized spacial score (nSPS) is 11.1. The Morgan fingerprint density at radius 3 is 2.67 bits per heavy atom. The van der Waals surface area contributed by atoms with Gasteiger partial charge in [-0.15, -0.1) is 11.3 Å². The second kappa shape index (κ2) is 9.82.